The zero-order valence-electron chi connectivity index (χ0n) is 16.5. The Balaban J connectivity index is 1.57. The Morgan fingerprint density at radius 1 is 1.14 bits per heavy atom. The molecule has 0 unspecified atom stereocenters. The van der Waals surface area contributed by atoms with Gasteiger partial charge in [-0.15, -0.1) is 0 Å². The monoisotopic (exact) mass is 381 g/mol. The van der Waals surface area contributed by atoms with E-state index in [0.29, 0.717) is 30.9 Å². The summed E-state index contributed by atoms with van der Waals surface area (Å²) in [5.41, 5.74) is 10.4. The molecule has 1 heterocycles. The molecule has 0 saturated heterocycles. The van der Waals surface area contributed by atoms with Gasteiger partial charge < -0.3 is 25.5 Å². The number of aromatic amines is 1. The summed E-state index contributed by atoms with van der Waals surface area (Å²) in [5, 5.41) is 4.05. The van der Waals surface area contributed by atoms with Crippen molar-refractivity contribution in [2.24, 2.45) is 5.73 Å². The van der Waals surface area contributed by atoms with Crippen LogP contribution in [0.3, 0.4) is 0 Å². The highest BCUT2D eigenvalue weighted by molar-refractivity contribution is 5.87. The van der Waals surface area contributed by atoms with Crippen molar-refractivity contribution in [1.82, 2.24) is 10.3 Å². The number of hydrogen-bond acceptors (Lipinski definition) is 4. The summed E-state index contributed by atoms with van der Waals surface area (Å²) in [4.78, 5) is 15.8. The predicted molar refractivity (Wildman–Crippen MR) is 111 cm³/mol. The maximum Gasteiger partial charge on any atom is 0.237 e. The van der Waals surface area contributed by atoms with Gasteiger partial charge in [0.05, 0.1) is 20.3 Å². The van der Waals surface area contributed by atoms with Crippen LogP contribution >= 0.6 is 0 Å². The highest BCUT2D eigenvalue weighted by atomic mass is 16.5. The van der Waals surface area contributed by atoms with Crippen molar-refractivity contribution in [2.45, 2.75) is 25.8 Å². The molecule has 4 N–H and O–H groups in total. The number of carbonyl (C=O) groups excluding carboxylic acids is 1. The van der Waals surface area contributed by atoms with E-state index in [0.717, 1.165) is 27.7 Å². The largest absolute Gasteiger partial charge is 0.493 e. The van der Waals surface area contributed by atoms with Gasteiger partial charge in [0.1, 0.15) is 0 Å². The summed E-state index contributed by atoms with van der Waals surface area (Å²) in [6, 6.07) is 13.2. The smallest absolute Gasteiger partial charge is 0.237 e. The molecule has 148 valence electrons. The Labute approximate surface area is 165 Å². The summed E-state index contributed by atoms with van der Waals surface area (Å²) < 4.78 is 10.6. The van der Waals surface area contributed by atoms with Crippen LogP contribution in [0, 0.1) is 6.92 Å². The third-order valence-corrected chi connectivity index (χ3v) is 4.95. The molecular formula is C22H27N3O3. The number of rotatable bonds is 8. The number of aryl methyl sites for hydroxylation is 1. The SMILES string of the molecule is COc1ccc(CCNC(=O)[C@@H](N)Cc2c(C)[nH]c3ccccc23)cc1OC. The second kappa shape index (κ2) is 8.80. The molecule has 3 rings (SSSR count). The highest BCUT2D eigenvalue weighted by Gasteiger charge is 2.17. The Morgan fingerprint density at radius 2 is 1.89 bits per heavy atom. The summed E-state index contributed by atoms with van der Waals surface area (Å²) in [6.07, 6.45) is 1.18. The normalized spacial score (nSPS) is 12.0. The van der Waals surface area contributed by atoms with E-state index in [9.17, 15) is 4.79 Å². The van der Waals surface area contributed by atoms with Crippen LogP contribution < -0.4 is 20.5 Å². The van der Waals surface area contributed by atoms with Gasteiger partial charge in [-0.25, -0.2) is 0 Å². The average Bonchev–Trinajstić information content (AvgIpc) is 3.02. The molecule has 6 heteroatoms. The van der Waals surface area contributed by atoms with Crippen LogP contribution in [-0.4, -0.2) is 37.7 Å². The zero-order valence-corrected chi connectivity index (χ0v) is 16.5. The van der Waals surface area contributed by atoms with E-state index in [4.69, 9.17) is 15.2 Å². The van der Waals surface area contributed by atoms with E-state index in [1.165, 1.54) is 0 Å². The first-order valence-corrected chi connectivity index (χ1v) is 9.34. The van der Waals surface area contributed by atoms with Crippen molar-refractivity contribution >= 4 is 16.8 Å². The molecule has 0 aliphatic rings. The van der Waals surface area contributed by atoms with Gasteiger partial charge in [-0.1, -0.05) is 24.3 Å². The van der Waals surface area contributed by atoms with E-state index < -0.39 is 6.04 Å². The lowest BCUT2D eigenvalue weighted by molar-refractivity contribution is -0.122. The second-order valence-corrected chi connectivity index (χ2v) is 6.82. The van der Waals surface area contributed by atoms with Gasteiger partial charge in [0.25, 0.3) is 0 Å². The van der Waals surface area contributed by atoms with Gasteiger partial charge in [0, 0.05) is 23.1 Å². The third kappa shape index (κ3) is 4.28. The number of methoxy groups -OCH3 is 2. The minimum atomic E-state index is -0.594. The van der Waals surface area contributed by atoms with Gasteiger partial charge >= 0.3 is 0 Å². The molecule has 2 aromatic carbocycles. The Morgan fingerprint density at radius 3 is 2.64 bits per heavy atom. The number of H-pyrrole nitrogens is 1. The Kier molecular flexibility index (Phi) is 6.21. The summed E-state index contributed by atoms with van der Waals surface area (Å²) >= 11 is 0. The van der Waals surface area contributed by atoms with Crippen molar-refractivity contribution in [2.75, 3.05) is 20.8 Å². The molecule has 0 spiro atoms. The number of nitrogens with one attached hydrogen (secondary N) is 2. The molecule has 1 aromatic heterocycles. The number of carbonyl (C=O) groups is 1. The number of fused-ring (bicyclic) bond motifs is 1. The van der Waals surface area contributed by atoms with Crippen LogP contribution in [0.15, 0.2) is 42.5 Å². The van der Waals surface area contributed by atoms with Gasteiger partial charge in [0.2, 0.25) is 5.91 Å². The number of para-hydroxylation sites is 1. The van der Waals surface area contributed by atoms with Crippen LogP contribution in [0.1, 0.15) is 16.8 Å². The number of amides is 1. The predicted octanol–water partition coefficient (Wildman–Crippen LogP) is 2.72. The minimum Gasteiger partial charge on any atom is -0.493 e. The van der Waals surface area contributed by atoms with Gasteiger partial charge in [-0.05, 0) is 49.1 Å². The molecule has 0 bridgehead atoms. The fourth-order valence-electron chi connectivity index (χ4n) is 3.41. The lowest BCUT2D eigenvalue weighted by Crippen LogP contribution is -2.42. The van der Waals surface area contributed by atoms with Crippen molar-refractivity contribution in [3.63, 3.8) is 0 Å². The molecule has 0 radical (unpaired) electrons. The van der Waals surface area contributed by atoms with Gasteiger partial charge in [0.15, 0.2) is 11.5 Å². The van der Waals surface area contributed by atoms with E-state index >= 15 is 0 Å². The first kappa shape index (κ1) is 19.8. The molecule has 28 heavy (non-hydrogen) atoms. The molecule has 6 nitrogen and oxygen atoms in total. The molecule has 3 aromatic rings. The zero-order chi connectivity index (χ0) is 20.1. The lowest BCUT2D eigenvalue weighted by atomic mass is 10.0. The lowest BCUT2D eigenvalue weighted by Gasteiger charge is -2.13. The van der Waals surface area contributed by atoms with Crippen LogP contribution in [0.2, 0.25) is 0 Å². The van der Waals surface area contributed by atoms with Crippen LogP contribution in [-0.2, 0) is 17.6 Å². The Bertz CT molecular complexity index is 965. The summed E-state index contributed by atoms with van der Waals surface area (Å²) in [7, 11) is 3.21. The number of hydrogen-bond donors (Lipinski definition) is 3. The van der Waals surface area contributed by atoms with E-state index in [2.05, 4.69) is 16.4 Å². The van der Waals surface area contributed by atoms with E-state index in [1.54, 1.807) is 14.2 Å². The highest BCUT2D eigenvalue weighted by Crippen LogP contribution is 2.27. The van der Waals surface area contributed by atoms with Crippen LogP contribution in [0.4, 0.5) is 0 Å². The van der Waals surface area contributed by atoms with Crippen molar-refractivity contribution in [1.29, 1.82) is 0 Å². The first-order chi connectivity index (χ1) is 13.5. The summed E-state index contributed by atoms with van der Waals surface area (Å²) in [5.74, 6) is 1.22. The molecule has 1 atom stereocenters. The molecule has 1 amide bonds. The fraction of sp³-hybridized carbons (Fsp3) is 0.318. The number of aromatic nitrogens is 1. The second-order valence-electron chi connectivity index (χ2n) is 6.82. The topological polar surface area (TPSA) is 89.4 Å². The Hall–Kier alpha value is -2.99. The van der Waals surface area contributed by atoms with Crippen LogP contribution in [0.25, 0.3) is 10.9 Å². The maximum absolute atomic E-state index is 12.4. The van der Waals surface area contributed by atoms with E-state index in [-0.39, 0.29) is 5.91 Å². The first-order valence-electron chi connectivity index (χ1n) is 9.34. The number of nitrogens with two attached hydrogens (primary N) is 1. The molecule has 0 aliphatic carbocycles. The quantitative estimate of drug-likeness (QED) is 0.560. The minimum absolute atomic E-state index is 0.148. The fourth-order valence-corrected chi connectivity index (χ4v) is 3.41. The van der Waals surface area contributed by atoms with Crippen molar-refractivity contribution in [3.8, 4) is 11.5 Å². The average molecular weight is 381 g/mol. The van der Waals surface area contributed by atoms with Crippen molar-refractivity contribution in [3.05, 3.63) is 59.3 Å². The number of benzene rings is 2. The molecular weight excluding hydrogens is 354 g/mol. The maximum atomic E-state index is 12.4. The van der Waals surface area contributed by atoms with Crippen molar-refractivity contribution < 1.29 is 14.3 Å². The molecule has 0 fully saturated rings. The van der Waals surface area contributed by atoms with Gasteiger partial charge in [-0.2, -0.15) is 0 Å². The molecule has 0 aliphatic heterocycles. The van der Waals surface area contributed by atoms with Crippen LogP contribution in [0.5, 0.6) is 11.5 Å². The summed E-state index contributed by atoms with van der Waals surface area (Å²) in [6.45, 7) is 2.52. The van der Waals surface area contributed by atoms with Gasteiger partial charge in [-0.3, -0.25) is 4.79 Å². The molecule has 0 saturated carbocycles. The number of ether oxygens (including phenoxy) is 2. The van der Waals surface area contributed by atoms with E-state index in [1.807, 2.05) is 43.3 Å². The third-order valence-electron chi connectivity index (χ3n) is 4.95. The standard InChI is InChI=1S/C22H27N3O3/c1-14-17(16-6-4-5-7-19(16)25-14)13-18(23)22(26)24-11-10-15-8-9-20(27-2)21(12-15)28-3/h4-9,12,18,25H,10-11,13,23H2,1-3H3,(H,24,26)/t18-/m0/s1.